The first kappa shape index (κ1) is 20.6. The Morgan fingerprint density at radius 1 is 1.00 bits per heavy atom. The molecule has 2 amide bonds. The summed E-state index contributed by atoms with van der Waals surface area (Å²) >= 11 is 0. The van der Waals surface area contributed by atoms with E-state index in [4.69, 9.17) is 9.47 Å². The van der Waals surface area contributed by atoms with Crippen LogP contribution >= 0.6 is 0 Å². The Hall–Kier alpha value is -2.12. The molecule has 1 aliphatic carbocycles. The summed E-state index contributed by atoms with van der Waals surface area (Å²) in [5.74, 6) is 0.165. The molecule has 154 valence electrons. The van der Waals surface area contributed by atoms with Gasteiger partial charge >= 0.3 is 0 Å². The molecule has 7 heteroatoms. The molecule has 0 atom stereocenters. The first-order valence-corrected chi connectivity index (χ1v) is 10.2. The quantitative estimate of drug-likeness (QED) is 0.701. The van der Waals surface area contributed by atoms with Gasteiger partial charge in [-0.05, 0) is 25.0 Å². The lowest BCUT2D eigenvalue weighted by molar-refractivity contribution is -0.127. The van der Waals surface area contributed by atoms with Gasteiger partial charge in [-0.25, -0.2) is 0 Å². The van der Waals surface area contributed by atoms with Crippen molar-refractivity contribution in [3.63, 3.8) is 0 Å². The molecule has 2 aliphatic rings. The standard InChI is InChI=1S/C21H31N3O4/c25-19(15-22-20(26)16-28-18-7-3-1-4-8-18)23-17-21(9-5-2-6-10-21)24-11-13-27-14-12-24/h1,3-4,7-8H,2,5-6,9-17H2,(H,22,26)(H,23,25). The van der Waals surface area contributed by atoms with Gasteiger partial charge in [-0.1, -0.05) is 37.5 Å². The van der Waals surface area contributed by atoms with Gasteiger partial charge in [0.25, 0.3) is 5.91 Å². The summed E-state index contributed by atoms with van der Waals surface area (Å²) in [5, 5.41) is 5.67. The maximum atomic E-state index is 12.3. The molecule has 7 nitrogen and oxygen atoms in total. The average Bonchev–Trinajstić information content (AvgIpc) is 2.77. The van der Waals surface area contributed by atoms with Crippen LogP contribution in [0.15, 0.2) is 30.3 Å². The highest BCUT2D eigenvalue weighted by Gasteiger charge is 2.38. The lowest BCUT2D eigenvalue weighted by atomic mass is 9.79. The van der Waals surface area contributed by atoms with Gasteiger partial charge in [0.05, 0.1) is 19.8 Å². The molecule has 3 rings (SSSR count). The van der Waals surface area contributed by atoms with Crippen LogP contribution in [0.5, 0.6) is 5.75 Å². The van der Waals surface area contributed by atoms with Crippen molar-refractivity contribution < 1.29 is 19.1 Å². The number of hydrogen-bond donors (Lipinski definition) is 2. The molecule has 28 heavy (non-hydrogen) atoms. The van der Waals surface area contributed by atoms with Crippen molar-refractivity contribution in [3.05, 3.63) is 30.3 Å². The van der Waals surface area contributed by atoms with Crippen LogP contribution in [0.25, 0.3) is 0 Å². The molecule has 0 spiro atoms. The van der Waals surface area contributed by atoms with Crippen LogP contribution in [0.3, 0.4) is 0 Å². The molecular weight excluding hydrogens is 358 g/mol. The number of carbonyl (C=O) groups excluding carboxylic acids is 2. The molecule has 0 bridgehead atoms. The van der Waals surface area contributed by atoms with Crippen LogP contribution in [0.1, 0.15) is 32.1 Å². The van der Waals surface area contributed by atoms with Crippen molar-refractivity contribution >= 4 is 11.8 Å². The maximum absolute atomic E-state index is 12.3. The molecule has 0 aromatic heterocycles. The third-order valence-corrected chi connectivity index (χ3v) is 5.64. The Bertz CT molecular complexity index is 626. The molecule has 1 heterocycles. The highest BCUT2D eigenvalue weighted by molar-refractivity contribution is 5.85. The molecule has 1 aromatic rings. The van der Waals surface area contributed by atoms with Gasteiger partial charge in [0.1, 0.15) is 5.75 Å². The maximum Gasteiger partial charge on any atom is 0.258 e. The van der Waals surface area contributed by atoms with E-state index in [0.29, 0.717) is 12.3 Å². The molecule has 1 aromatic carbocycles. The van der Waals surface area contributed by atoms with Crippen LogP contribution in [-0.4, -0.2) is 68.3 Å². The number of amides is 2. The molecule has 1 saturated carbocycles. The summed E-state index contributed by atoms with van der Waals surface area (Å²) in [6, 6.07) is 9.14. The fraction of sp³-hybridized carbons (Fsp3) is 0.619. The minimum Gasteiger partial charge on any atom is -0.484 e. The van der Waals surface area contributed by atoms with Gasteiger partial charge in [0.2, 0.25) is 5.91 Å². The van der Waals surface area contributed by atoms with E-state index in [1.54, 1.807) is 12.1 Å². The van der Waals surface area contributed by atoms with E-state index in [-0.39, 0.29) is 30.5 Å². The second-order valence-electron chi connectivity index (χ2n) is 7.54. The monoisotopic (exact) mass is 389 g/mol. The van der Waals surface area contributed by atoms with Crippen LogP contribution in [0, 0.1) is 0 Å². The number of benzene rings is 1. The molecule has 1 aliphatic heterocycles. The second kappa shape index (κ2) is 10.4. The fourth-order valence-corrected chi connectivity index (χ4v) is 4.07. The summed E-state index contributed by atoms with van der Waals surface area (Å²) in [7, 11) is 0. The summed E-state index contributed by atoms with van der Waals surface area (Å²) in [6.07, 6.45) is 5.86. The van der Waals surface area contributed by atoms with Crippen molar-refractivity contribution in [1.82, 2.24) is 15.5 Å². The van der Waals surface area contributed by atoms with Crippen molar-refractivity contribution in [3.8, 4) is 5.75 Å². The minimum absolute atomic E-state index is 0.0259. The number of ether oxygens (including phenoxy) is 2. The van der Waals surface area contributed by atoms with Crippen molar-refractivity contribution in [2.75, 3.05) is 46.0 Å². The Labute approximate surface area is 166 Å². The Morgan fingerprint density at radius 3 is 2.43 bits per heavy atom. The van der Waals surface area contributed by atoms with Crippen molar-refractivity contribution in [2.45, 2.75) is 37.6 Å². The van der Waals surface area contributed by atoms with Crippen LogP contribution in [-0.2, 0) is 14.3 Å². The number of rotatable bonds is 8. The highest BCUT2D eigenvalue weighted by Crippen LogP contribution is 2.33. The smallest absolute Gasteiger partial charge is 0.258 e. The average molecular weight is 389 g/mol. The van der Waals surface area contributed by atoms with Crippen LogP contribution < -0.4 is 15.4 Å². The molecular formula is C21H31N3O4. The lowest BCUT2D eigenvalue weighted by Crippen LogP contribution is -2.60. The third-order valence-electron chi connectivity index (χ3n) is 5.64. The number of para-hydroxylation sites is 1. The second-order valence-corrected chi connectivity index (χ2v) is 7.54. The van der Waals surface area contributed by atoms with Gasteiger partial charge in [-0.2, -0.15) is 0 Å². The molecule has 0 radical (unpaired) electrons. The number of nitrogens with one attached hydrogen (secondary N) is 2. The van der Waals surface area contributed by atoms with Gasteiger partial charge in [-0.3, -0.25) is 14.5 Å². The van der Waals surface area contributed by atoms with Gasteiger partial charge in [0.15, 0.2) is 6.61 Å². The number of carbonyl (C=O) groups is 2. The van der Waals surface area contributed by atoms with Crippen molar-refractivity contribution in [2.24, 2.45) is 0 Å². The predicted molar refractivity (Wildman–Crippen MR) is 106 cm³/mol. The normalized spacial score (nSPS) is 19.6. The van der Waals surface area contributed by atoms with Crippen molar-refractivity contribution in [1.29, 1.82) is 0 Å². The SMILES string of the molecule is O=C(CNC(=O)COc1ccccc1)NCC1(N2CCOCC2)CCCCC1. The van der Waals surface area contributed by atoms with E-state index in [9.17, 15) is 9.59 Å². The number of hydrogen-bond acceptors (Lipinski definition) is 5. The zero-order valence-corrected chi connectivity index (χ0v) is 16.5. The summed E-state index contributed by atoms with van der Waals surface area (Å²) in [4.78, 5) is 26.7. The van der Waals surface area contributed by atoms with E-state index >= 15 is 0 Å². The van der Waals surface area contributed by atoms with E-state index in [1.807, 2.05) is 18.2 Å². The first-order valence-electron chi connectivity index (χ1n) is 10.2. The largest absolute Gasteiger partial charge is 0.484 e. The Morgan fingerprint density at radius 2 is 1.71 bits per heavy atom. The Balaban J connectivity index is 1.41. The predicted octanol–water partition coefficient (Wildman–Crippen LogP) is 1.33. The zero-order valence-electron chi connectivity index (χ0n) is 16.5. The first-order chi connectivity index (χ1) is 13.7. The molecule has 2 fully saturated rings. The van der Waals surface area contributed by atoms with E-state index in [2.05, 4.69) is 15.5 Å². The Kier molecular flexibility index (Phi) is 7.68. The summed E-state index contributed by atoms with van der Waals surface area (Å²) in [6.45, 7) is 3.85. The summed E-state index contributed by atoms with van der Waals surface area (Å²) in [5.41, 5.74) is 0.0259. The zero-order chi connectivity index (χ0) is 19.7. The third kappa shape index (κ3) is 5.94. The molecule has 2 N–H and O–H groups in total. The minimum atomic E-state index is -0.306. The van der Waals surface area contributed by atoms with Crippen LogP contribution in [0.2, 0.25) is 0 Å². The number of morpholine rings is 1. The van der Waals surface area contributed by atoms with Crippen LogP contribution in [0.4, 0.5) is 0 Å². The highest BCUT2D eigenvalue weighted by atomic mass is 16.5. The van der Waals surface area contributed by atoms with Gasteiger partial charge < -0.3 is 20.1 Å². The molecule has 1 saturated heterocycles. The fourth-order valence-electron chi connectivity index (χ4n) is 4.07. The number of nitrogens with zero attached hydrogens (tertiary/aromatic N) is 1. The van der Waals surface area contributed by atoms with Gasteiger partial charge in [0, 0.05) is 25.2 Å². The summed E-state index contributed by atoms with van der Waals surface area (Å²) < 4.78 is 10.9. The van der Waals surface area contributed by atoms with Gasteiger partial charge in [-0.15, -0.1) is 0 Å². The van der Waals surface area contributed by atoms with E-state index in [0.717, 1.165) is 39.1 Å². The molecule has 0 unspecified atom stereocenters. The topological polar surface area (TPSA) is 79.9 Å². The van der Waals surface area contributed by atoms with E-state index < -0.39 is 0 Å². The lowest BCUT2D eigenvalue weighted by Gasteiger charge is -2.48. The van der Waals surface area contributed by atoms with E-state index in [1.165, 1.54) is 19.3 Å².